The molecule has 0 aliphatic heterocycles. The molecule has 1 N–H and O–H groups in total. The number of nitrogens with zero attached hydrogens (tertiary/aromatic N) is 3. The number of hydrogen-bond acceptors (Lipinski definition) is 4. The highest BCUT2D eigenvalue weighted by Crippen LogP contribution is 2.20. The van der Waals surface area contributed by atoms with Gasteiger partial charge in [0, 0.05) is 30.9 Å². The molecule has 1 aromatic heterocycles. The minimum absolute atomic E-state index is 0.0152. The molecule has 0 saturated heterocycles. The van der Waals surface area contributed by atoms with Gasteiger partial charge in [-0.3, -0.25) is 10.1 Å². The number of anilines is 1. The van der Waals surface area contributed by atoms with Crippen LogP contribution in [0.4, 0.5) is 16.2 Å². The second-order valence-corrected chi connectivity index (χ2v) is 5.78. The number of non-ortho nitro benzene ring substituents is 1. The summed E-state index contributed by atoms with van der Waals surface area (Å²) in [5.41, 5.74) is 1.24. The van der Waals surface area contributed by atoms with E-state index in [0.717, 1.165) is 5.56 Å². The Bertz CT molecular complexity index is 734. The Morgan fingerprint density at radius 3 is 2.54 bits per heavy atom. The lowest BCUT2D eigenvalue weighted by Crippen LogP contribution is -2.39. The number of halogens is 1. The first-order chi connectivity index (χ1) is 11.4. The van der Waals surface area contributed by atoms with Gasteiger partial charge in [0.2, 0.25) is 0 Å². The van der Waals surface area contributed by atoms with Crippen LogP contribution >= 0.6 is 11.6 Å². The van der Waals surface area contributed by atoms with Crippen LogP contribution in [-0.2, 0) is 6.54 Å². The van der Waals surface area contributed by atoms with Crippen LogP contribution in [0.2, 0.25) is 5.15 Å². The maximum absolute atomic E-state index is 12.5. The highest BCUT2D eigenvalue weighted by atomic mass is 35.5. The number of nitro groups is 1. The summed E-state index contributed by atoms with van der Waals surface area (Å²) in [4.78, 5) is 28.3. The molecular formula is C16H17ClN4O3. The van der Waals surface area contributed by atoms with Crippen molar-refractivity contribution in [3.8, 4) is 0 Å². The fourth-order valence-electron chi connectivity index (χ4n) is 2.07. The first-order valence-corrected chi connectivity index (χ1v) is 7.67. The van der Waals surface area contributed by atoms with Crippen molar-refractivity contribution in [2.75, 3.05) is 5.32 Å². The Morgan fingerprint density at radius 1 is 1.33 bits per heavy atom. The summed E-state index contributed by atoms with van der Waals surface area (Å²) in [5.74, 6) is 0. The molecule has 8 heteroatoms. The molecule has 24 heavy (non-hydrogen) atoms. The number of carbonyl (C=O) groups excluding carboxylic acids is 1. The molecule has 7 nitrogen and oxygen atoms in total. The quantitative estimate of drug-likeness (QED) is 0.500. The molecule has 2 amide bonds. The van der Waals surface area contributed by atoms with E-state index >= 15 is 0 Å². The predicted molar refractivity (Wildman–Crippen MR) is 92.0 cm³/mol. The SMILES string of the molecule is CC(C)N(Cc1ccc([N+](=O)[O-])cc1)C(=O)Nc1cccnc1Cl. The second-order valence-electron chi connectivity index (χ2n) is 5.42. The third kappa shape index (κ3) is 4.42. The minimum Gasteiger partial charge on any atom is -0.318 e. The van der Waals surface area contributed by atoms with E-state index in [1.807, 2.05) is 13.8 Å². The Hall–Kier alpha value is -2.67. The number of nitrogens with one attached hydrogen (secondary N) is 1. The predicted octanol–water partition coefficient (Wildman–Crippen LogP) is 4.09. The highest BCUT2D eigenvalue weighted by molar-refractivity contribution is 6.32. The Labute approximate surface area is 144 Å². The van der Waals surface area contributed by atoms with Gasteiger partial charge in [-0.05, 0) is 31.5 Å². The average molecular weight is 349 g/mol. The Kier molecular flexibility index (Phi) is 5.70. The van der Waals surface area contributed by atoms with Crippen molar-refractivity contribution >= 4 is 29.0 Å². The van der Waals surface area contributed by atoms with E-state index in [0.29, 0.717) is 12.2 Å². The monoisotopic (exact) mass is 348 g/mol. The second kappa shape index (κ2) is 7.74. The lowest BCUT2D eigenvalue weighted by atomic mass is 10.2. The standard InChI is InChI=1S/C16H17ClN4O3/c1-11(2)20(10-12-5-7-13(8-6-12)21(23)24)16(22)19-14-4-3-9-18-15(14)17/h3-9,11H,10H2,1-2H3,(H,19,22). The number of nitro benzene ring substituents is 1. The molecule has 1 heterocycles. The Balaban J connectivity index is 2.12. The van der Waals surface area contributed by atoms with Crippen molar-refractivity contribution in [2.24, 2.45) is 0 Å². The van der Waals surface area contributed by atoms with Crippen molar-refractivity contribution in [3.63, 3.8) is 0 Å². The van der Waals surface area contributed by atoms with E-state index in [2.05, 4.69) is 10.3 Å². The molecule has 2 aromatic rings. The van der Waals surface area contributed by atoms with Crippen molar-refractivity contribution in [1.29, 1.82) is 0 Å². The summed E-state index contributed by atoms with van der Waals surface area (Å²) in [7, 11) is 0. The normalized spacial score (nSPS) is 10.5. The first kappa shape index (κ1) is 17.7. The van der Waals surface area contributed by atoms with Gasteiger partial charge in [-0.25, -0.2) is 9.78 Å². The number of urea groups is 1. The minimum atomic E-state index is -0.457. The topological polar surface area (TPSA) is 88.4 Å². The van der Waals surface area contributed by atoms with Gasteiger partial charge in [-0.1, -0.05) is 23.7 Å². The molecule has 0 radical (unpaired) electrons. The lowest BCUT2D eigenvalue weighted by Gasteiger charge is -2.27. The molecule has 0 aliphatic rings. The summed E-state index contributed by atoms with van der Waals surface area (Å²) in [6.07, 6.45) is 1.54. The van der Waals surface area contributed by atoms with Gasteiger partial charge >= 0.3 is 6.03 Å². The Morgan fingerprint density at radius 2 is 2.00 bits per heavy atom. The first-order valence-electron chi connectivity index (χ1n) is 7.30. The van der Waals surface area contributed by atoms with E-state index in [1.165, 1.54) is 18.3 Å². The zero-order valence-corrected chi connectivity index (χ0v) is 14.0. The molecule has 126 valence electrons. The van der Waals surface area contributed by atoms with Crippen LogP contribution in [0.25, 0.3) is 0 Å². The molecule has 0 fully saturated rings. The third-order valence-corrected chi connectivity index (χ3v) is 3.69. The largest absolute Gasteiger partial charge is 0.322 e. The van der Waals surface area contributed by atoms with Crippen LogP contribution in [0, 0.1) is 10.1 Å². The van der Waals surface area contributed by atoms with Crippen LogP contribution in [0.5, 0.6) is 0 Å². The van der Waals surface area contributed by atoms with Crippen LogP contribution < -0.4 is 5.32 Å². The van der Waals surface area contributed by atoms with E-state index in [-0.39, 0.29) is 22.9 Å². The summed E-state index contributed by atoms with van der Waals surface area (Å²) < 4.78 is 0. The van der Waals surface area contributed by atoms with Gasteiger partial charge in [0.15, 0.2) is 5.15 Å². The van der Waals surface area contributed by atoms with Crippen LogP contribution in [-0.4, -0.2) is 26.9 Å². The molecule has 0 saturated carbocycles. The maximum Gasteiger partial charge on any atom is 0.322 e. The van der Waals surface area contributed by atoms with Gasteiger partial charge < -0.3 is 10.2 Å². The summed E-state index contributed by atoms with van der Waals surface area (Å²) in [6, 6.07) is 9.06. The number of pyridine rings is 1. The number of benzene rings is 1. The van der Waals surface area contributed by atoms with Crippen LogP contribution in [0.15, 0.2) is 42.6 Å². The summed E-state index contributed by atoms with van der Waals surface area (Å²) >= 11 is 5.95. The van der Waals surface area contributed by atoms with Crippen molar-refractivity contribution in [1.82, 2.24) is 9.88 Å². The number of rotatable bonds is 5. The molecular weight excluding hydrogens is 332 g/mol. The molecule has 0 unspecified atom stereocenters. The average Bonchev–Trinajstić information content (AvgIpc) is 2.54. The molecule has 0 aliphatic carbocycles. The molecule has 0 bridgehead atoms. The highest BCUT2D eigenvalue weighted by Gasteiger charge is 2.19. The fraction of sp³-hybridized carbons (Fsp3) is 0.250. The van der Waals surface area contributed by atoms with E-state index in [9.17, 15) is 14.9 Å². The molecule has 0 spiro atoms. The molecule has 0 atom stereocenters. The third-order valence-electron chi connectivity index (χ3n) is 3.38. The zero-order valence-electron chi connectivity index (χ0n) is 13.3. The zero-order chi connectivity index (χ0) is 17.7. The van der Waals surface area contributed by atoms with Crippen molar-refractivity contribution in [2.45, 2.75) is 26.4 Å². The van der Waals surface area contributed by atoms with E-state index < -0.39 is 4.92 Å². The fourth-order valence-corrected chi connectivity index (χ4v) is 2.24. The van der Waals surface area contributed by atoms with Crippen molar-refractivity contribution < 1.29 is 9.72 Å². The number of aromatic nitrogens is 1. The number of hydrogen-bond donors (Lipinski definition) is 1. The summed E-state index contributed by atoms with van der Waals surface area (Å²) in [5, 5.41) is 13.6. The maximum atomic E-state index is 12.5. The van der Waals surface area contributed by atoms with Gasteiger partial charge in [-0.15, -0.1) is 0 Å². The van der Waals surface area contributed by atoms with E-state index in [1.54, 1.807) is 29.2 Å². The van der Waals surface area contributed by atoms with Gasteiger partial charge in [-0.2, -0.15) is 0 Å². The molecule has 2 rings (SSSR count). The van der Waals surface area contributed by atoms with Crippen LogP contribution in [0.1, 0.15) is 19.4 Å². The van der Waals surface area contributed by atoms with Gasteiger partial charge in [0.1, 0.15) is 0 Å². The van der Waals surface area contributed by atoms with E-state index in [4.69, 9.17) is 11.6 Å². The van der Waals surface area contributed by atoms with Gasteiger partial charge in [0.05, 0.1) is 10.6 Å². The van der Waals surface area contributed by atoms with Crippen LogP contribution in [0.3, 0.4) is 0 Å². The lowest BCUT2D eigenvalue weighted by molar-refractivity contribution is -0.384. The summed E-state index contributed by atoms with van der Waals surface area (Å²) in [6.45, 7) is 4.09. The van der Waals surface area contributed by atoms with Gasteiger partial charge in [0.25, 0.3) is 5.69 Å². The molecule has 1 aromatic carbocycles. The number of carbonyl (C=O) groups is 1. The smallest absolute Gasteiger partial charge is 0.318 e. The van der Waals surface area contributed by atoms with Crippen molar-refractivity contribution in [3.05, 3.63) is 63.4 Å². The number of amides is 2.